The molecule has 1 aliphatic heterocycles. The van der Waals surface area contributed by atoms with E-state index in [9.17, 15) is 0 Å². The summed E-state index contributed by atoms with van der Waals surface area (Å²) in [6, 6.07) is 5.81. The van der Waals surface area contributed by atoms with Crippen LogP contribution in [0.15, 0.2) is 18.2 Å². The standard InChI is InChI=1S/C13H19NO3/c1-14-6-7-17-13(9-14)11-8-10(15-2)4-5-12(11)16-3/h4-5,8,13H,6-7,9H2,1-3H3. The summed E-state index contributed by atoms with van der Waals surface area (Å²) in [4.78, 5) is 2.26. The summed E-state index contributed by atoms with van der Waals surface area (Å²) < 4.78 is 16.4. The Morgan fingerprint density at radius 3 is 2.76 bits per heavy atom. The molecule has 0 spiro atoms. The largest absolute Gasteiger partial charge is 0.497 e. The maximum atomic E-state index is 5.80. The fourth-order valence-electron chi connectivity index (χ4n) is 2.06. The van der Waals surface area contributed by atoms with E-state index < -0.39 is 0 Å². The lowest BCUT2D eigenvalue weighted by atomic mass is 10.1. The molecule has 1 unspecified atom stereocenters. The van der Waals surface area contributed by atoms with Gasteiger partial charge in [-0.1, -0.05) is 0 Å². The predicted octanol–water partition coefficient (Wildman–Crippen LogP) is 1.71. The molecule has 0 radical (unpaired) electrons. The molecular formula is C13H19NO3. The first-order valence-corrected chi connectivity index (χ1v) is 5.76. The normalized spacial score (nSPS) is 21.2. The Morgan fingerprint density at radius 2 is 2.12 bits per heavy atom. The van der Waals surface area contributed by atoms with Gasteiger partial charge in [-0.15, -0.1) is 0 Å². The highest BCUT2D eigenvalue weighted by Crippen LogP contribution is 2.32. The molecule has 0 aliphatic carbocycles. The summed E-state index contributed by atoms with van der Waals surface area (Å²) in [6.07, 6.45) is 0.0544. The second kappa shape index (κ2) is 5.38. The number of morpholine rings is 1. The van der Waals surface area contributed by atoms with Gasteiger partial charge in [-0.2, -0.15) is 0 Å². The van der Waals surface area contributed by atoms with E-state index >= 15 is 0 Å². The molecule has 1 fully saturated rings. The van der Waals surface area contributed by atoms with Crippen LogP contribution in [0.1, 0.15) is 11.7 Å². The van der Waals surface area contributed by atoms with Crippen LogP contribution in [-0.4, -0.2) is 45.9 Å². The third-order valence-electron chi connectivity index (χ3n) is 3.05. The molecule has 17 heavy (non-hydrogen) atoms. The molecule has 1 saturated heterocycles. The van der Waals surface area contributed by atoms with Crippen LogP contribution in [0.3, 0.4) is 0 Å². The molecule has 94 valence electrons. The molecule has 2 rings (SSSR count). The van der Waals surface area contributed by atoms with Crippen molar-refractivity contribution >= 4 is 0 Å². The molecule has 1 aromatic rings. The van der Waals surface area contributed by atoms with Gasteiger partial charge in [0, 0.05) is 18.7 Å². The van der Waals surface area contributed by atoms with Gasteiger partial charge < -0.3 is 19.1 Å². The summed E-state index contributed by atoms with van der Waals surface area (Å²) in [5.74, 6) is 1.68. The molecule has 0 amide bonds. The molecule has 1 aliphatic rings. The Morgan fingerprint density at radius 1 is 1.29 bits per heavy atom. The average Bonchev–Trinajstić information content (AvgIpc) is 2.38. The summed E-state index contributed by atoms with van der Waals surface area (Å²) >= 11 is 0. The Balaban J connectivity index is 2.27. The number of nitrogens with zero attached hydrogens (tertiary/aromatic N) is 1. The fourth-order valence-corrected chi connectivity index (χ4v) is 2.06. The van der Waals surface area contributed by atoms with E-state index in [1.165, 1.54) is 0 Å². The van der Waals surface area contributed by atoms with Crippen molar-refractivity contribution in [2.75, 3.05) is 41.0 Å². The Kier molecular flexibility index (Phi) is 3.86. The number of hydrogen-bond donors (Lipinski definition) is 0. The van der Waals surface area contributed by atoms with Crippen LogP contribution in [0, 0.1) is 0 Å². The molecule has 4 heteroatoms. The Labute approximate surface area is 102 Å². The Bertz CT molecular complexity index is 381. The molecule has 0 saturated carbocycles. The van der Waals surface area contributed by atoms with Crippen molar-refractivity contribution in [2.24, 2.45) is 0 Å². The van der Waals surface area contributed by atoms with Crippen molar-refractivity contribution in [1.82, 2.24) is 4.90 Å². The van der Waals surface area contributed by atoms with Gasteiger partial charge >= 0.3 is 0 Å². The van der Waals surface area contributed by atoms with Gasteiger partial charge in [0.15, 0.2) is 0 Å². The highest BCUT2D eigenvalue weighted by atomic mass is 16.5. The third kappa shape index (κ3) is 2.70. The minimum Gasteiger partial charge on any atom is -0.497 e. The van der Waals surface area contributed by atoms with Crippen molar-refractivity contribution in [2.45, 2.75) is 6.10 Å². The van der Waals surface area contributed by atoms with Gasteiger partial charge in [-0.05, 0) is 25.2 Å². The first kappa shape index (κ1) is 12.2. The molecule has 1 heterocycles. The molecule has 4 nitrogen and oxygen atoms in total. The van der Waals surface area contributed by atoms with E-state index in [1.54, 1.807) is 14.2 Å². The molecular weight excluding hydrogens is 218 g/mol. The van der Waals surface area contributed by atoms with E-state index in [0.717, 1.165) is 36.8 Å². The molecule has 0 bridgehead atoms. The topological polar surface area (TPSA) is 30.9 Å². The van der Waals surface area contributed by atoms with E-state index in [4.69, 9.17) is 14.2 Å². The Hall–Kier alpha value is -1.26. The van der Waals surface area contributed by atoms with Crippen LogP contribution in [0.2, 0.25) is 0 Å². The summed E-state index contributed by atoms with van der Waals surface area (Å²) in [5.41, 5.74) is 1.05. The first-order valence-electron chi connectivity index (χ1n) is 5.76. The zero-order chi connectivity index (χ0) is 12.3. The smallest absolute Gasteiger partial charge is 0.124 e. The lowest BCUT2D eigenvalue weighted by molar-refractivity contribution is -0.0220. The lowest BCUT2D eigenvalue weighted by Gasteiger charge is -2.31. The number of ether oxygens (including phenoxy) is 3. The molecule has 1 atom stereocenters. The van der Waals surface area contributed by atoms with Gasteiger partial charge in [0.1, 0.15) is 11.5 Å². The van der Waals surface area contributed by atoms with Crippen LogP contribution < -0.4 is 9.47 Å². The predicted molar refractivity (Wildman–Crippen MR) is 65.7 cm³/mol. The van der Waals surface area contributed by atoms with Gasteiger partial charge in [-0.3, -0.25) is 0 Å². The SMILES string of the molecule is COc1ccc(OC)c(C2CN(C)CCO2)c1. The zero-order valence-electron chi connectivity index (χ0n) is 10.6. The third-order valence-corrected chi connectivity index (χ3v) is 3.05. The van der Waals surface area contributed by atoms with Crippen molar-refractivity contribution in [3.63, 3.8) is 0 Å². The fraction of sp³-hybridized carbons (Fsp3) is 0.538. The van der Waals surface area contributed by atoms with Crippen LogP contribution >= 0.6 is 0 Å². The molecule has 0 aromatic heterocycles. The van der Waals surface area contributed by atoms with Crippen molar-refractivity contribution in [3.8, 4) is 11.5 Å². The number of hydrogen-bond acceptors (Lipinski definition) is 4. The number of methoxy groups -OCH3 is 2. The van der Waals surface area contributed by atoms with Crippen molar-refractivity contribution < 1.29 is 14.2 Å². The van der Waals surface area contributed by atoms with Gasteiger partial charge in [-0.25, -0.2) is 0 Å². The quantitative estimate of drug-likeness (QED) is 0.800. The van der Waals surface area contributed by atoms with Crippen LogP contribution in [-0.2, 0) is 4.74 Å². The second-order valence-corrected chi connectivity index (χ2v) is 4.23. The highest BCUT2D eigenvalue weighted by Gasteiger charge is 2.23. The maximum Gasteiger partial charge on any atom is 0.124 e. The summed E-state index contributed by atoms with van der Waals surface area (Å²) in [6.45, 7) is 2.61. The minimum atomic E-state index is 0.0544. The van der Waals surface area contributed by atoms with Crippen LogP contribution in [0.25, 0.3) is 0 Å². The van der Waals surface area contributed by atoms with Crippen LogP contribution in [0.5, 0.6) is 11.5 Å². The number of likely N-dealkylation sites (N-methyl/N-ethyl adjacent to an activating group) is 1. The monoisotopic (exact) mass is 237 g/mol. The van der Waals surface area contributed by atoms with E-state index in [1.807, 2.05) is 18.2 Å². The molecule has 1 aromatic carbocycles. The van der Waals surface area contributed by atoms with Gasteiger partial charge in [0.2, 0.25) is 0 Å². The van der Waals surface area contributed by atoms with Gasteiger partial charge in [0.05, 0.1) is 26.9 Å². The maximum absolute atomic E-state index is 5.80. The van der Waals surface area contributed by atoms with E-state index in [2.05, 4.69) is 11.9 Å². The summed E-state index contributed by atoms with van der Waals surface area (Å²) in [7, 11) is 5.44. The summed E-state index contributed by atoms with van der Waals surface area (Å²) in [5, 5.41) is 0. The highest BCUT2D eigenvalue weighted by molar-refractivity contribution is 5.42. The molecule has 0 N–H and O–H groups in total. The zero-order valence-corrected chi connectivity index (χ0v) is 10.6. The van der Waals surface area contributed by atoms with E-state index in [-0.39, 0.29) is 6.10 Å². The van der Waals surface area contributed by atoms with Crippen molar-refractivity contribution in [1.29, 1.82) is 0 Å². The van der Waals surface area contributed by atoms with E-state index in [0.29, 0.717) is 0 Å². The lowest BCUT2D eigenvalue weighted by Crippen LogP contribution is -2.35. The van der Waals surface area contributed by atoms with Gasteiger partial charge in [0.25, 0.3) is 0 Å². The van der Waals surface area contributed by atoms with Crippen molar-refractivity contribution in [3.05, 3.63) is 23.8 Å². The minimum absolute atomic E-state index is 0.0544. The second-order valence-electron chi connectivity index (χ2n) is 4.23. The first-order chi connectivity index (χ1) is 8.24. The average molecular weight is 237 g/mol. The number of benzene rings is 1. The number of rotatable bonds is 3. The van der Waals surface area contributed by atoms with Crippen LogP contribution in [0.4, 0.5) is 0 Å².